The van der Waals surface area contributed by atoms with E-state index in [-0.39, 0.29) is 18.1 Å². The van der Waals surface area contributed by atoms with Gasteiger partial charge in [0.1, 0.15) is 0 Å². The van der Waals surface area contributed by atoms with Crippen molar-refractivity contribution in [2.24, 2.45) is 0 Å². The number of anilines is 1. The zero-order valence-electron chi connectivity index (χ0n) is 16.3. The van der Waals surface area contributed by atoms with Gasteiger partial charge in [0, 0.05) is 22.8 Å². The van der Waals surface area contributed by atoms with Gasteiger partial charge in [-0.1, -0.05) is 17.7 Å². The molecule has 2 rings (SSSR count). The second-order valence-corrected chi connectivity index (χ2v) is 7.60. The smallest absolute Gasteiger partial charge is 0.258 e. The highest BCUT2D eigenvalue weighted by molar-refractivity contribution is 6.30. The van der Waals surface area contributed by atoms with Crippen molar-refractivity contribution in [1.29, 1.82) is 0 Å². The van der Waals surface area contributed by atoms with E-state index in [2.05, 4.69) is 10.6 Å². The number of carbonyl (C=O) groups excluding carboxylic acids is 1. The van der Waals surface area contributed by atoms with Crippen LogP contribution in [0.5, 0.6) is 11.5 Å². The van der Waals surface area contributed by atoms with Crippen LogP contribution in [0.4, 0.5) is 5.69 Å². The van der Waals surface area contributed by atoms with Crippen LogP contribution in [0.1, 0.15) is 33.3 Å². The zero-order chi connectivity index (χ0) is 19.9. The largest absolute Gasteiger partial charge is 0.490 e. The van der Waals surface area contributed by atoms with Crippen molar-refractivity contribution in [3.05, 3.63) is 53.1 Å². The fourth-order valence-electron chi connectivity index (χ4n) is 2.42. The molecule has 0 fully saturated rings. The number of halogens is 1. The van der Waals surface area contributed by atoms with Crippen molar-refractivity contribution in [3.63, 3.8) is 0 Å². The molecule has 2 N–H and O–H groups in total. The summed E-state index contributed by atoms with van der Waals surface area (Å²) in [6.45, 7) is 8.79. The molecule has 0 heterocycles. The quantitative estimate of drug-likeness (QED) is 0.689. The Labute approximate surface area is 166 Å². The predicted octanol–water partition coefficient (Wildman–Crippen LogP) is 4.64. The van der Waals surface area contributed by atoms with Gasteiger partial charge in [-0.25, -0.2) is 0 Å². The van der Waals surface area contributed by atoms with Crippen molar-refractivity contribution in [2.45, 2.75) is 39.8 Å². The van der Waals surface area contributed by atoms with Crippen LogP contribution in [0, 0.1) is 0 Å². The Morgan fingerprint density at radius 3 is 2.37 bits per heavy atom. The molecular weight excluding hydrogens is 364 g/mol. The van der Waals surface area contributed by atoms with E-state index < -0.39 is 0 Å². The minimum absolute atomic E-state index is 0.0558. The minimum Gasteiger partial charge on any atom is -0.490 e. The number of benzene rings is 2. The second kappa shape index (κ2) is 9.51. The van der Waals surface area contributed by atoms with Crippen LogP contribution in [0.15, 0.2) is 42.5 Å². The van der Waals surface area contributed by atoms with Crippen LogP contribution in [0.2, 0.25) is 5.02 Å². The van der Waals surface area contributed by atoms with Crippen LogP contribution < -0.4 is 20.1 Å². The topological polar surface area (TPSA) is 59.6 Å². The molecule has 5 nitrogen and oxygen atoms in total. The van der Waals surface area contributed by atoms with Gasteiger partial charge in [-0.3, -0.25) is 4.79 Å². The first-order chi connectivity index (χ1) is 12.8. The van der Waals surface area contributed by atoms with Gasteiger partial charge in [-0.15, -0.1) is 0 Å². The van der Waals surface area contributed by atoms with Crippen LogP contribution in [0.25, 0.3) is 0 Å². The lowest BCUT2D eigenvalue weighted by atomic mass is 10.1. The SMILES string of the molecule is CCOc1cc(CNc2ccc(Cl)cc2)ccc1OCC(=O)NC(C)(C)C. The molecule has 0 aromatic heterocycles. The van der Waals surface area contributed by atoms with Gasteiger partial charge in [-0.2, -0.15) is 0 Å². The van der Waals surface area contributed by atoms with E-state index in [4.69, 9.17) is 21.1 Å². The van der Waals surface area contributed by atoms with E-state index in [1.165, 1.54) is 0 Å². The van der Waals surface area contributed by atoms with Crippen LogP contribution in [-0.2, 0) is 11.3 Å². The van der Waals surface area contributed by atoms with Crippen LogP contribution >= 0.6 is 11.6 Å². The molecule has 0 aliphatic heterocycles. The summed E-state index contributed by atoms with van der Waals surface area (Å²) < 4.78 is 11.3. The van der Waals surface area contributed by atoms with Crippen molar-refractivity contribution in [1.82, 2.24) is 5.32 Å². The third-order valence-corrected chi connectivity index (χ3v) is 3.77. The van der Waals surface area contributed by atoms with Gasteiger partial charge in [-0.05, 0) is 69.7 Å². The number of ether oxygens (including phenoxy) is 2. The highest BCUT2D eigenvalue weighted by atomic mass is 35.5. The van der Waals surface area contributed by atoms with E-state index in [0.717, 1.165) is 11.3 Å². The summed E-state index contributed by atoms with van der Waals surface area (Å²) in [7, 11) is 0. The molecule has 0 atom stereocenters. The molecule has 0 bridgehead atoms. The molecule has 0 saturated heterocycles. The average molecular weight is 391 g/mol. The molecular formula is C21H27ClN2O3. The van der Waals surface area contributed by atoms with Crippen molar-refractivity contribution in [2.75, 3.05) is 18.5 Å². The zero-order valence-corrected chi connectivity index (χ0v) is 17.0. The van der Waals surface area contributed by atoms with Gasteiger partial charge in [0.2, 0.25) is 0 Å². The molecule has 0 saturated carbocycles. The van der Waals surface area contributed by atoms with Crippen molar-refractivity contribution in [3.8, 4) is 11.5 Å². The monoisotopic (exact) mass is 390 g/mol. The number of rotatable bonds is 8. The molecule has 0 spiro atoms. The maximum absolute atomic E-state index is 12.0. The predicted molar refractivity (Wildman–Crippen MR) is 110 cm³/mol. The Kier molecular flexibility index (Phi) is 7.36. The van der Waals surface area contributed by atoms with E-state index in [1.54, 1.807) is 0 Å². The molecule has 146 valence electrons. The summed E-state index contributed by atoms with van der Waals surface area (Å²) in [5.41, 5.74) is 1.73. The Morgan fingerprint density at radius 1 is 1.04 bits per heavy atom. The molecule has 2 aromatic rings. The summed E-state index contributed by atoms with van der Waals surface area (Å²) in [5.74, 6) is 1.01. The molecule has 2 aromatic carbocycles. The fraction of sp³-hybridized carbons (Fsp3) is 0.381. The number of amides is 1. The summed E-state index contributed by atoms with van der Waals surface area (Å²) >= 11 is 5.90. The van der Waals surface area contributed by atoms with Crippen molar-refractivity contribution >= 4 is 23.2 Å². The van der Waals surface area contributed by atoms with Gasteiger partial charge in [0.25, 0.3) is 5.91 Å². The summed E-state index contributed by atoms with van der Waals surface area (Å²) in [6.07, 6.45) is 0. The highest BCUT2D eigenvalue weighted by Gasteiger charge is 2.15. The van der Waals surface area contributed by atoms with E-state index in [0.29, 0.717) is 29.7 Å². The number of carbonyl (C=O) groups is 1. The minimum atomic E-state index is -0.291. The molecule has 0 radical (unpaired) electrons. The summed E-state index contributed by atoms with van der Waals surface area (Å²) in [4.78, 5) is 12.0. The normalized spacial score (nSPS) is 11.0. The molecule has 0 aliphatic rings. The summed E-state index contributed by atoms with van der Waals surface area (Å²) in [5, 5.41) is 6.91. The molecule has 6 heteroatoms. The van der Waals surface area contributed by atoms with Crippen LogP contribution in [-0.4, -0.2) is 24.7 Å². The van der Waals surface area contributed by atoms with Gasteiger partial charge < -0.3 is 20.1 Å². The molecule has 27 heavy (non-hydrogen) atoms. The summed E-state index contributed by atoms with van der Waals surface area (Å²) in [6, 6.07) is 13.2. The average Bonchev–Trinajstić information content (AvgIpc) is 2.59. The number of nitrogens with one attached hydrogen (secondary N) is 2. The molecule has 1 amide bonds. The molecule has 0 unspecified atom stereocenters. The standard InChI is InChI=1S/C21H27ClN2O3/c1-5-26-19-12-15(13-23-17-9-7-16(22)8-10-17)6-11-18(19)27-14-20(25)24-21(2,3)4/h6-12,23H,5,13-14H2,1-4H3,(H,24,25). The Morgan fingerprint density at radius 2 is 1.74 bits per heavy atom. The van der Waals surface area contributed by atoms with Crippen LogP contribution in [0.3, 0.4) is 0 Å². The van der Waals surface area contributed by atoms with Crippen molar-refractivity contribution < 1.29 is 14.3 Å². The highest BCUT2D eigenvalue weighted by Crippen LogP contribution is 2.29. The van der Waals surface area contributed by atoms with E-state index in [1.807, 2.05) is 70.2 Å². The first-order valence-corrected chi connectivity index (χ1v) is 9.33. The van der Waals surface area contributed by atoms with E-state index in [9.17, 15) is 4.79 Å². The third-order valence-electron chi connectivity index (χ3n) is 3.52. The first-order valence-electron chi connectivity index (χ1n) is 8.96. The lowest BCUT2D eigenvalue weighted by molar-refractivity contribution is -0.124. The maximum atomic E-state index is 12.0. The third kappa shape index (κ3) is 7.39. The number of hydrogen-bond acceptors (Lipinski definition) is 4. The lowest BCUT2D eigenvalue weighted by Crippen LogP contribution is -2.43. The second-order valence-electron chi connectivity index (χ2n) is 7.16. The Hall–Kier alpha value is -2.40. The van der Waals surface area contributed by atoms with Gasteiger partial charge in [0.15, 0.2) is 18.1 Å². The lowest BCUT2D eigenvalue weighted by Gasteiger charge is -2.21. The molecule has 0 aliphatic carbocycles. The maximum Gasteiger partial charge on any atom is 0.258 e. The van der Waals surface area contributed by atoms with Gasteiger partial charge >= 0.3 is 0 Å². The number of hydrogen-bond donors (Lipinski definition) is 2. The van der Waals surface area contributed by atoms with Gasteiger partial charge in [0.05, 0.1) is 6.61 Å². The first kappa shape index (κ1) is 20.9. The fourth-order valence-corrected chi connectivity index (χ4v) is 2.55. The van der Waals surface area contributed by atoms with E-state index >= 15 is 0 Å². The Bertz CT molecular complexity index is 755. The Balaban J connectivity index is 2.00.